The van der Waals surface area contributed by atoms with Gasteiger partial charge in [-0.05, 0) is 23.8 Å². The average molecular weight is 556 g/mol. The molecule has 3 aromatic rings. The molecular weight excluding hydrogens is 538 g/mol. The molecule has 1 fully saturated rings. The topological polar surface area (TPSA) is 27.7 Å². The summed E-state index contributed by atoms with van der Waals surface area (Å²) in [5.74, 6) is -7.29. The highest BCUT2D eigenvalue weighted by molar-refractivity contribution is 5.65. The predicted octanol–water partition coefficient (Wildman–Crippen LogP) is 8.17. The van der Waals surface area contributed by atoms with Gasteiger partial charge in [-0.2, -0.15) is 13.2 Å². The van der Waals surface area contributed by atoms with E-state index in [9.17, 15) is 44.0 Å². The van der Waals surface area contributed by atoms with Crippen LogP contribution in [0.4, 0.5) is 44.0 Å². The van der Waals surface area contributed by atoms with Crippen LogP contribution in [0.5, 0.6) is 5.75 Å². The number of hydrogen-bond acceptors (Lipinski definition) is 3. The summed E-state index contributed by atoms with van der Waals surface area (Å²) >= 11 is 0. The first-order valence-electron chi connectivity index (χ1n) is 10.8. The molecule has 38 heavy (non-hydrogen) atoms. The highest BCUT2D eigenvalue weighted by Gasteiger charge is 2.38. The first-order chi connectivity index (χ1) is 17.8. The maximum atomic E-state index is 14.4. The highest BCUT2D eigenvalue weighted by atomic mass is 19.4. The molecule has 0 radical (unpaired) electrons. The minimum Gasteiger partial charge on any atom is -0.348 e. The lowest BCUT2D eigenvalue weighted by atomic mass is 10.0. The zero-order valence-electron chi connectivity index (χ0n) is 19.3. The van der Waals surface area contributed by atoms with Gasteiger partial charge >= 0.3 is 6.18 Å². The molecule has 3 nitrogen and oxygen atoms in total. The van der Waals surface area contributed by atoms with Crippen LogP contribution in [0.1, 0.15) is 29.9 Å². The van der Waals surface area contributed by atoms with Crippen molar-refractivity contribution in [3.63, 3.8) is 0 Å². The normalized spacial score (nSPS) is 17.6. The summed E-state index contributed by atoms with van der Waals surface area (Å²) in [5, 5.41) is 0. The van der Waals surface area contributed by atoms with E-state index in [1.165, 1.54) is 12.1 Å². The maximum absolute atomic E-state index is 14.4. The van der Waals surface area contributed by atoms with E-state index in [1.807, 2.05) is 6.92 Å². The van der Waals surface area contributed by atoms with Gasteiger partial charge in [0.2, 0.25) is 0 Å². The van der Waals surface area contributed by atoms with E-state index in [1.54, 1.807) is 6.07 Å². The Hall–Kier alpha value is -3.32. The average Bonchev–Trinajstić information content (AvgIpc) is 2.83. The van der Waals surface area contributed by atoms with Crippen molar-refractivity contribution >= 4 is 0 Å². The Morgan fingerprint density at radius 2 is 1.37 bits per heavy atom. The standard InChI is InChI=1S/C18H16F4O2.C7H2F6O/c1-10-8-23-18(24-9-10)11-2-3-13(15(20)4-11)12-5-16(21)14(7-19)17(22)6-12;8-4-1-3(14-13)2-5(9)6(4)7(10,11)12/h2-6,10,18H,7-9H2,1H3;1-2H. The van der Waals surface area contributed by atoms with Gasteiger partial charge in [-0.1, -0.05) is 19.1 Å². The van der Waals surface area contributed by atoms with Crippen molar-refractivity contribution in [1.82, 2.24) is 0 Å². The molecule has 1 aliphatic rings. The molecule has 0 spiro atoms. The summed E-state index contributed by atoms with van der Waals surface area (Å²) in [6.07, 6.45) is -5.82. The fourth-order valence-electron chi connectivity index (χ4n) is 3.46. The highest BCUT2D eigenvalue weighted by Crippen LogP contribution is 2.35. The van der Waals surface area contributed by atoms with Gasteiger partial charge in [-0.3, -0.25) is 4.94 Å². The summed E-state index contributed by atoms with van der Waals surface area (Å²) < 4.78 is 138. The smallest absolute Gasteiger partial charge is 0.348 e. The summed E-state index contributed by atoms with van der Waals surface area (Å²) in [6, 6.07) is 6.25. The van der Waals surface area contributed by atoms with E-state index >= 15 is 0 Å². The molecule has 3 aromatic carbocycles. The molecule has 206 valence electrons. The SMILES string of the molecule is CC1COC(c2ccc(-c3cc(F)c(CF)c(F)c3)c(F)c2)OC1.FOc1cc(F)c(C(F)(F)F)c(F)c1. The Bertz CT molecular complexity index is 1220. The van der Waals surface area contributed by atoms with E-state index in [0.717, 1.165) is 12.1 Å². The number of hydrogen-bond donors (Lipinski definition) is 0. The number of rotatable bonds is 4. The zero-order chi connectivity index (χ0) is 28.2. The minimum atomic E-state index is -5.16. The Kier molecular flexibility index (Phi) is 9.26. The number of ether oxygens (including phenoxy) is 2. The van der Waals surface area contributed by atoms with Crippen LogP contribution in [0.15, 0.2) is 42.5 Å². The molecule has 0 aromatic heterocycles. The van der Waals surface area contributed by atoms with Crippen LogP contribution in [-0.4, -0.2) is 13.2 Å². The molecule has 0 atom stereocenters. The van der Waals surface area contributed by atoms with Crippen molar-refractivity contribution in [1.29, 1.82) is 0 Å². The zero-order valence-corrected chi connectivity index (χ0v) is 19.3. The largest absolute Gasteiger partial charge is 0.422 e. The van der Waals surface area contributed by atoms with Crippen molar-refractivity contribution in [2.75, 3.05) is 13.2 Å². The van der Waals surface area contributed by atoms with Crippen LogP contribution >= 0.6 is 0 Å². The molecule has 0 unspecified atom stereocenters. The van der Waals surface area contributed by atoms with Gasteiger partial charge in [0.15, 0.2) is 12.0 Å². The molecule has 0 N–H and O–H groups in total. The van der Waals surface area contributed by atoms with Gasteiger partial charge in [0, 0.05) is 33.7 Å². The second kappa shape index (κ2) is 12.0. The maximum Gasteiger partial charge on any atom is 0.422 e. The van der Waals surface area contributed by atoms with Crippen LogP contribution in [0.25, 0.3) is 11.1 Å². The fraction of sp³-hybridized carbons (Fsp3) is 0.280. The van der Waals surface area contributed by atoms with Crippen LogP contribution in [0.3, 0.4) is 0 Å². The van der Waals surface area contributed by atoms with Crippen LogP contribution in [0.2, 0.25) is 0 Å². The first kappa shape index (κ1) is 29.2. The van der Waals surface area contributed by atoms with Gasteiger partial charge in [0.05, 0.1) is 18.8 Å². The summed E-state index contributed by atoms with van der Waals surface area (Å²) in [5.41, 5.74) is -2.21. The Morgan fingerprint density at radius 3 is 1.82 bits per heavy atom. The van der Waals surface area contributed by atoms with E-state index in [4.69, 9.17) is 9.47 Å². The van der Waals surface area contributed by atoms with Crippen molar-refractivity contribution in [2.45, 2.75) is 26.1 Å². The van der Waals surface area contributed by atoms with Crippen LogP contribution in [0, 0.1) is 35.0 Å². The van der Waals surface area contributed by atoms with Gasteiger partial charge in [0.25, 0.3) is 0 Å². The number of benzene rings is 3. The van der Waals surface area contributed by atoms with Gasteiger partial charge < -0.3 is 9.47 Å². The predicted molar refractivity (Wildman–Crippen MR) is 113 cm³/mol. The first-order valence-corrected chi connectivity index (χ1v) is 10.8. The molecule has 0 bridgehead atoms. The second-order valence-corrected chi connectivity index (χ2v) is 8.23. The van der Waals surface area contributed by atoms with Gasteiger partial charge in [-0.25, -0.2) is 26.3 Å². The van der Waals surface area contributed by atoms with E-state index in [0.29, 0.717) is 18.8 Å². The van der Waals surface area contributed by atoms with Crippen LogP contribution < -0.4 is 4.94 Å². The Balaban J connectivity index is 0.000000244. The molecule has 0 aliphatic carbocycles. The van der Waals surface area contributed by atoms with Gasteiger partial charge in [0.1, 0.15) is 41.3 Å². The third-order valence-corrected chi connectivity index (χ3v) is 5.30. The van der Waals surface area contributed by atoms with E-state index < -0.39 is 65.1 Å². The van der Waals surface area contributed by atoms with Crippen molar-refractivity contribution in [3.8, 4) is 16.9 Å². The van der Waals surface area contributed by atoms with Crippen LogP contribution in [-0.2, 0) is 22.3 Å². The summed E-state index contributed by atoms with van der Waals surface area (Å²) in [4.78, 5) is 2.90. The number of alkyl halides is 4. The monoisotopic (exact) mass is 556 g/mol. The van der Waals surface area contributed by atoms with Crippen molar-refractivity contribution < 1.29 is 58.5 Å². The van der Waals surface area contributed by atoms with Crippen molar-refractivity contribution in [3.05, 3.63) is 88.2 Å². The molecule has 1 heterocycles. The van der Waals surface area contributed by atoms with Crippen molar-refractivity contribution in [2.24, 2.45) is 5.92 Å². The van der Waals surface area contributed by atoms with Gasteiger partial charge in [-0.15, -0.1) is 0 Å². The third kappa shape index (κ3) is 6.76. The molecule has 4 rings (SSSR count). The lowest BCUT2D eigenvalue weighted by Gasteiger charge is -2.27. The lowest BCUT2D eigenvalue weighted by molar-refractivity contribution is -0.202. The minimum absolute atomic E-state index is 0.00496. The molecule has 13 heteroatoms. The molecular formula is C25H18F10O3. The Labute approximate surface area is 209 Å². The fourth-order valence-corrected chi connectivity index (χ4v) is 3.46. The molecule has 1 aliphatic heterocycles. The third-order valence-electron chi connectivity index (χ3n) is 5.30. The summed E-state index contributed by atoms with van der Waals surface area (Å²) in [7, 11) is 0. The van der Waals surface area contributed by atoms with E-state index in [-0.39, 0.29) is 29.2 Å². The lowest BCUT2D eigenvalue weighted by Crippen LogP contribution is -2.25. The molecule has 0 saturated carbocycles. The number of halogens is 10. The Morgan fingerprint density at radius 1 is 0.816 bits per heavy atom. The molecule has 1 saturated heterocycles. The quantitative estimate of drug-likeness (QED) is 0.304. The van der Waals surface area contributed by atoms with E-state index in [2.05, 4.69) is 4.94 Å². The molecule has 0 amide bonds. The summed E-state index contributed by atoms with van der Waals surface area (Å²) in [6.45, 7) is 1.74. The second-order valence-electron chi connectivity index (χ2n) is 8.23.